The molecule has 1 N–H and O–H groups in total. The average Bonchev–Trinajstić information content (AvgIpc) is 3.11. The second kappa shape index (κ2) is 6.38. The van der Waals surface area contributed by atoms with Crippen LogP contribution >= 0.6 is 0 Å². The molecule has 1 unspecified atom stereocenters. The second-order valence-corrected chi connectivity index (χ2v) is 7.21. The van der Waals surface area contributed by atoms with E-state index in [1.807, 2.05) is 0 Å². The molecular formula is C16H32N2. The van der Waals surface area contributed by atoms with E-state index in [1.165, 1.54) is 38.8 Å². The number of nitrogens with zero attached hydrogens (tertiary/aromatic N) is 1. The van der Waals surface area contributed by atoms with Crippen LogP contribution in [0.1, 0.15) is 53.4 Å². The molecule has 0 amide bonds. The quantitative estimate of drug-likeness (QED) is 0.678. The molecule has 2 aliphatic carbocycles. The minimum Gasteiger partial charge on any atom is -0.313 e. The molecular weight excluding hydrogens is 220 g/mol. The lowest BCUT2D eigenvalue weighted by molar-refractivity contribution is 0.136. The average molecular weight is 252 g/mol. The van der Waals surface area contributed by atoms with Crippen molar-refractivity contribution in [3.05, 3.63) is 0 Å². The van der Waals surface area contributed by atoms with Crippen molar-refractivity contribution >= 4 is 0 Å². The molecule has 106 valence electrons. The van der Waals surface area contributed by atoms with E-state index in [9.17, 15) is 0 Å². The predicted octanol–water partition coefficient (Wildman–Crippen LogP) is 3.13. The van der Waals surface area contributed by atoms with Crippen molar-refractivity contribution in [3.8, 4) is 0 Å². The molecule has 0 aliphatic heterocycles. The Hall–Kier alpha value is -0.0800. The van der Waals surface area contributed by atoms with Gasteiger partial charge in [0.15, 0.2) is 0 Å². The van der Waals surface area contributed by atoms with Gasteiger partial charge in [-0.2, -0.15) is 0 Å². The maximum absolute atomic E-state index is 3.65. The van der Waals surface area contributed by atoms with Crippen molar-refractivity contribution < 1.29 is 0 Å². The van der Waals surface area contributed by atoms with E-state index in [0.717, 1.165) is 30.3 Å². The first-order chi connectivity index (χ1) is 8.56. The van der Waals surface area contributed by atoms with E-state index >= 15 is 0 Å². The van der Waals surface area contributed by atoms with Crippen LogP contribution in [0.2, 0.25) is 0 Å². The maximum Gasteiger partial charge on any atom is 0.0243 e. The summed E-state index contributed by atoms with van der Waals surface area (Å²) in [5.74, 6) is 2.79. The van der Waals surface area contributed by atoms with E-state index in [1.54, 1.807) is 0 Å². The van der Waals surface area contributed by atoms with Gasteiger partial charge in [0.2, 0.25) is 0 Å². The van der Waals surface area contributed by atoms with Crippen molar-refractivity contribution in [2.24, 2.45) is 17.8 Å². The van der Waals surface area contributed by atoms with Crippen LogP contribution in [-0.2, 0) is 0 Å². The minimum atomic E-state index is 0.606. The second-order valence-electron chi connectivity index (χ2n) is 7.21. The van der Waals surface area contributed by atoms with Crippen LogP contribution in [0.3, 0.4) is 0 Å². The molecule has 18 heavy (non-hydrogen) atoms. The van der Waals surface area contributed by atoms with Crippen LogP contribution in [0, 0.1) is 17.8 Å². The molecule has 2 nitrogen and oxygen atoms in total. The summed E-state index contributed by atoms with van der Waals surface area (Å²) in [6.45, 7) is 13.2. The first kappa shape index (κ1) is 14.3. The molecule has 0 spiro atoms. The van der Waals surface area contributed by atoms with Gasteiger partial charge in [0.05, 0.1) is 0 Å². The van der Waals surface area contributed by atoms with E-state index in [4.69, 9.17) is 0 Å². The van der Waals surface area contributed by atoms with E-state index < -0.39 is 0 Å². The monoisotopic (exact) mass is 252 g/mol. The highest BCUT2D eigenvalue weighted by molar-refractivity contribution is 4.87. The van der Waals surface area contributed by atoms with E-state index in [0.29, 0.717) is 6.04 Å². The summed E-state index contributed by atoms with van der Waals surface area (Å²) in [6.07, 6.45) is 5.90. The number of nitrogens with one attached hydrogen (secondary N) is 1. The Morgan fingerprint density at radius 1 is 0.944 bits per heavy atom. The number of hydrogen-bond acceptors (Lipinski definition) is 2. The predicted molar refractivity (Wildman–Crippen MR) is 78.8 cm³/mol. The summed E-state index contributed by atoms with van der Waals surface area (Å²) >= 11 is 0. The number of rotatable bonds is 9. The third kappa shape index (κ3) is 4.89. The van der Waals surface area contributed by atoms with Crippen molar-refractivity contribution in [1.29, 1.82) is 0 Å². The molecule has 0 radical (unpaired) electrons. The summed E-state index contributed by atoms with van der Waals surface area (Å²) in [7, 11) is 0. The van der Waals surface area contributed by atoms with Crippen LogP contribution in [0.5, 0.6) is 0 Å². The molecule has 2 heteroatoms. The summed E-state index contributed by atoms with van der Waals surface area (Å²) < 4.78 is 0. The Kier molecular flexibility index (Phi) is 5.08. The summed E-state index contributed by atoms with van der Waals surface area (Å²) in [5, 5.41) is 3.65. The Bertz CT molecular complexity index is 227. The Labute approximate surface area is 114 Å². The molecule has 0 heterocycles. The van der Waals surface area contributed by atoms with Gasteiger partial charge in [-0.1, -0.05) is 27.7 Å². The van der Waals surface area contributed by atoms with E-state index in [-0.39, 0.29) is 0 Å². The van der Waals surface area contributed by atoms with Gasteiger partial charge in [-0.3, -0.25) is 4.90 Å². The third-order valence-corrected chi connectivity index (χ3v) is 4.35. The standard InChI is InChI=1S/C16H32N2/c1-12(2)16(9-17-13(3)4)18(10-14-5-6-14)11-15-7-8-15/h12-17H,5-11H2,1-4H3. The molecule has 0 saturated heterocycles. The third-order valence-electron chi connectivity index (χ3n) is 4.35. The van der Waals surface area contributed by atoms with Crippen LogP contribution in [-0.4, -0.2) is 36.6 Å². The fraction of sp³-hybridized carbons (Fsp3) is 1.00. The lowest BCUT2D eigenvalue weighted by Crippen LogP contribution is -2.48. The molecule has 1 atom stereocenters. The smallest absolute Gasteiger partial charge is 0.0243 e. The zero-order valence-corrected chi connectivity index (χ0v) is 12.8. The van der Waals surface area contributed by atoms with Gasteiger partial charge in [-0.15, -0.1) is 0 Å². The number of hydrogen-bond donors (Lipinski definition) is 1. The Balaban J connectivity index is 1.88. The molecule has 2 aliphatic rings. The molecule has 2 rings (SSSR count). The lowest BCUT2D eigenvalue weighted by Gasteiger charge is -2.35. The maximum atomic E-state index is 3.65. The van der Waals surface area contributed by atoms with Gasteiger partial charge in [-0.25, -0.2) is 0 Å². The SMILES string of the molecule is CC(C)NCC(C(C)C)N(CC1CC1)CC1CC1. The summed E-state index contributed by atoms with van der Waals surface area (Å²) in [4.78, 5) is 2.81. The van der Waals surface area contributed by atoms with Gasteiger partial charge in [0.1, 0.15) is 0 Å². The van der Waals surface area contributed by atoms with Gasteiger partial charge >= 0.3 is 0 Å². The van der Waals surface area contributed by atoms with Gasteiger partial charge < -0.3 is 5.32 Å². The first-order valence-electron chi connectivity index (χ1n) is 8.03. The zero-order valence-electron chi connectivity index (χ0n) is 12.8. The highest BCUT2D eigenvalue weighted by Crippen LogP contribution is 2.35. The lowest BCUT2D eigenvalue weighted by atomic mass is 10.0. The highest BCUT2D eigenvalue weighted by Gasteiger charge is 2.33. The van der Waals surface area contributed by atoms with E-state index in [2.05, 4.69) is 37.9 Å². The van der Waals surface area contributed by atoms with Crippen molar-refractivity contribution in [2.75, 3.05) is 19.6 Å². The molecule has 0 aromatic heterocycles. The molecule has 0 aromatic carbocycles. The summed E-state index contributed by atoms with van der Waals surface area (Å²) in [6, 6.07) is 1.34. The van der Waals surface area contributed by atoms with Crippen molar-refractivity contribution in [3.63, 3.8) is 0 Å². The van der Waals surface area contributed by atoms with Crippen LogP contribution < -0.4 is 5.32 Å². The Morgan fingerprint density at radius 2 is 1.44 bits per heavy atom. The molecule has 2 fully saturated rings. The first-order valence-corrected chi connectivity index (χ1v) is 8.03. The van der Waals surface area contributed by atoms with Crippen LogP contribution in [0.4, 0.5) is 0 Å². The fourth-order valence-electron chi connectivity index (χ4n) is 2.75. The van der Waals surface area contributed by atoms with Crippen LogP contribution in [0.25, 0.3) is 0 Å². The molecule has 0 aromatic rings. The molecule has 0 bridgehead atoms. The molecule has 2 saturated carbocycles. The van der Waals surface area contributed by atoms with Gasteiger partial charge in [-0.05, 0) is 43.4 Å². The van der Waals surface area contributed by atoms with Gasteiger partial charge in [0, 0.05) is 31.7 Å². The normalized spacial score (nSPS) is 22.2. The largest absolute Gasteiger partial charge is 0.313 e. The van der Waals surface area contributed by atoms with Crippen LogP contribution in [0.15, 0.2) is 0 Å². The zero-order chi connectivity index (χ0) is 13.1. The highest BCUT2D eigenvalue weighted by atomic mass is 15.2. The Morgan fingerprint density at radius 3 is 1.78 bits per heavy atom. The minimum absolute atomic E-state index is 0.606. The van der Waals surface area contributed by atoms with Crippen molar-refractivity contribution in [1.82, 2.24) is 10.2 Å². The topological polar surface area (TPSA) is 15.3 Å². The summed E-state index contributed by atoms with van der Waals surface area (Å²) in [5.41, 5.74) is 0. The van der Waals surface area contributed by atoms with Gasteiger partial charge in [0.25, 0.3) is 0 Å². The van der Waals surface area contributed by atoms with Crippen molar-refractivity contribution in [2.45, 2.75) is 65.5 Å². The fourth-order valence-corrected chi connectivity index (χ4v) is 2.75.